The van der Waals surface area contributed by atoms with Crippen molar-refractivity contribution in [3.63, 3.8) is 0 Å². The zero-order valence-corrected chi connectivity index (χ0v) is 12.2. The first-order chi connectivity index (χ1) is 9.08. The van der Waals surface area contributed by atoms with Crippen LogP contribution in [-0.4, -0.2) is 29.0 Å². The summed E-state index contributed by atoms with van der Waals surface area (Å²) in [5.41, 5.74) is 2.37. The standard InChI is InChI=1S/C16H26O3/c1-4-6-15(17)16(18)10-8-13-7-9-14(19-5-2)11-12(13)3/h7,9,11,15-18H,4-6,8,10H2,1-3H3. The molecule has 0 heterocycles. The minimum Gasteiger partial charge on any atom is -0.494 e. The zero-order chi connectivity index (χ0) is 14.3. The summed E-state index contributed by atoms with van der Waals surface area (Å²) in [6.07, 6.45) is 1.68. The van der Waals surface area contributed by atoms with E-state index in [2.05, 4.69) is 0 Å². The minimum absolute atomic E-state index is 0.593. The molecule has 0 radical (unpaired) electrons. The summed E-state index contributed by atoms with van der Waals surface area (Å²) in [5.74, 6) is 0.885. The molecule has 3 heteroatoms. The van der Waals surface area contributed by atoms with Gasteiger partial charge in [0.2, 0.25) is 0 Å². The molecule has 19 heavy (non-hydrogen) atoms. The van der Waals surface area contributed by atoms with Crippen LogP contribution in [0.25, 0.3) is 0 Å². The van der Waals surface area contributed by atoms with Crippen LogP contribution in [0.15, 0.2) is 18.2 Å². The van der Waals surface area contributed by atoms with E-state index in [0.29, 0.717) is 19.4 Å². The van der Waals surface area contributed by atoms with Crippen LogP contribution in [-0.2, 0) is 6.42 Å². The van der Waals surface area contributed by atoms with Gasteiger partial charge in [0.15, 0.2) is 0 Å². The van der Waals surface area contributed by atoms with Crippen molar-refractivity contribution < 1.29 is 14.9 Å². The van der Waals surface area contributed by atoms with Gasteiger partial charge in [0.05, 0.1) is 18.8 Å². The number of aliphatic hydroxyl groups excluding tert-OH is 2. The van der Waals surface area contributed by atoms with Crippen molar-refractivity contribution in [1.29, 1.82) is 0 Å². The summed E-state index contributed by atoms with van der Waals surface area (Å²) < 4.78 is 5.45. The first-order valence-corrected chi connectivity index (χ1v) is 7.16. The summed E-state index contributed by atoms with van der Waals surface area (Å²) in [7, 11) is 0. The summed E-state index contributed by atoms with van der Waals surface area (Å²) in [6.45, 7) is 6.69. The van der Waals surface area contributed by atoms with E-state index in [-0.39, 0.29) is 0 Å². The first kappa shape index (κ1) is 16.0. The van der Waals surface area contributed by atoms with Gasteiger partial charge >= 0.3 is 0 Å². The Kier molecular flexibility index (Phi) is 6.89. The second-order valence-corrected chi connectivity index (χ2v) is 4.98. The van der Waals surface area contributed by atoms with E-state index in [4.69, 9.17) is 4.74 Å². The molecule has 0 aromatic heterocycles. The highest BCUT2D eigenvalue weighted by Gasteiger charge is 2.15. The molecule has 0 saturated carbocycles. The van der Waals surface area contributed by atoms with Crippen molar-refractivity contribution in [1.82, 2.24) is 0 Å². The van der Waals surface area contributed by atoms with E-state index in [0.717, 1.165) is 18.6 Å². The molecular weight excluding hydrogens is 240 g/mol. The van der Waals surface area contributed by atoms with Gasteiger partial charge in [-0.3, -0.25) is 0 Å². The van der Waals surface area contributed by atoms with E-state index >= 15 is 0 Å². The molecule has 0 fully saturated rings. The van der Waals surface area contributed by atoms with Gasteiger partial charge < -0.3 is 14.9 Å². The monoisotopic (exact) mass is 266 g/mol. The molecule has 108 valence electrons. The average molecular weight is 266 g/mol. The maximum Gasteiger partial charge on any atom is 0.119 e. The van der Waals surface area contributed by atoms with E-state index in [1.165, 1.54) is 11.1 Å². The van der Waals surface area contributed by atoms with Crippen molar-refractivity contribution in [2.75, 3.05) is 6.61 Å². The van der Waals surface area contributed by atoms with Crippen LogP contribution in [0.1, 0.15) is 44.2 Å². The number of hydrogen-bond donors (Lipinski definition) is 2. The highest BCUT2D eigenvalue weighted by Crippen LogP contribution is 2.19. The van der Waals surface area contributed by atoms with Gasteiger partial charge in [-0.2, -0.15) is 0 Å². The third-order valence-corrected chi connectivity index (χ3v) is 3.36. The maximum absolute atomic E-state index is 9.87. The highest BCUT2D eigenvalue weighted by atomic mass is 16.5. The third-order valence-electron chi connectivity index (χ3n) is 3.36. The lowest BCUT2D eigenvalue weighted by Gasteiger charge is -2.17. The van der Waals surface area contributed by atoms with Gasteiger partial charge in [-0.25, -0.2) is 0 Å². The van der Waals surface area contributed by atoms with Gasteiger partial charge in [-0.1, -0.05) is 19.4 Å². The van der Waals surface area contributed by atoms with Crippen LogP contribution in [0.4, 0.5) is 0 Å². The molecule has 2 N–H and O–H groups in total. The Labute approximate surface area is 116 Å². The number of rotatable bonds is 8. The van der Waals surface area contributed by atoms with Gasteiger partial charge in [-0.15, -0.1) is 0 Å². The predicted octanol–water partition coefficient (Wildman–Crippen LogP) is 2.85. The molecule has 0 aliphatic carbocycles. The molecule has 2 unspecified atom stereocenters. The molecule has 0 aliphatic heterocycles. The molecule has 1 rings (SSSR count). The Morgan fingerprint density at radius 2 is 1.79 bits per heavy atom. The molecule has 0 aliphatic rings. The quantitative estimate of drug-likeness (QED) is 0.760. The fourth-order valence-electron chi connectivity index (χ4n) is 2.19. The number of hydrogen-bond acceptors (Lipinski definition) is 3. The lowest BCUT2D eigenvalue weighted by molar-refractivity contribution is 0.00979. The SMILES string of the molecule is CCCC(O)C(O)CCc1ccc(OCC)cc1C. The second-order valence-electron chi connectivity index (χ2n) is 4.98. The molecular formula is C16H26O3. The molecule has 3 nitrogen and oxygen atoms in total. The largest absolute Gasteiger partial charge is 0.494 e. The Morgan fingerprint density at radius 1 is 1.11 bits per heavy atom. The lowest BCUT2D eigenvalue weighted by atomic mass is 9.98. The van der Waals surface area contributed by atoms with Crippen LogP contribution in [0.2, 0.25) is 0 Å². The zero-order valence-electron chi connectivity index (χ0n) is 12.2. The normalized spacial score (nSPS) is 14.2. The van der Waals surface area contributed by atoms with Crippen molar-refractivity contribution in [3.05, 3.63) is 29.3 Å². The van der Waals surface area contributed by atoms with Crippen LogP contribution >= 0.6 is 0 Å². The topological polar surface area (TPSA) is 49.7 Å². The van der Waals surface area contributed by atoms with Crippen LogP contribution < -0.4 is 4.74 Å². The molecule has 0 saturated heterocycles. The Bertz CT molecular complexity index is 376. The van der Waals surface area contributed by atoms with Crippen LogP contribution in [0.3, 0.4) is 0 Å². The average Bonchev–Trinajstić information content (AvgIpc) is 2.38. The number of ether oxygens (including phenoxy) is 1. The van der Waals surface area contributed by atoms with Crippen molar-refractivity contribution >= 4 is 0 Å². The summed E-state index contributed by atoms with van der Waals surface area (Å²) >= 11 is 0. The van der Waals surface area contributed by atoms with E-state index in [9.17, 15) is 10.2 Å². The second kappa shape index (κ2) is 8.18. The van der Waals surface area contributed by atoms with E-state index < -0.39 is 12.2 Å². The Morgan fingerprint density at radius 3 is 2.37 bits per heavy atom. The van der Waals surface area contributed by atoms with Crippen molar-refractivity contribution in [3.8, 4) is 5.75 Å². The fraction of sp³-hybridized carbons (Fsp3) is 0.625. The van der Waals surface area contributed by atoms with E-state index in [1.807, 2.05) is 39.0 Å². The smallest absolute Gasteiger partial charge is 0.119 e. The number of benzene rings is 1. The number of aliphatic hydroxyl groups is 2. The minimum atomic E-state index is -0.633. The molecule has 2 atom stereocenters. The van der Waals surface area contributed by atoms with Crippen LogP contribution in [0.5, 0.6) is 5.75 Å². The fourth-order valence-corrected chi connectivity index (χ4v) is 2.19. The molecule has 0 bridgehead atoms. The van der Waals surface area contributed by atoms with Gasteiger partial charge in [0, 0.05) is 0 Å². The Balaban J connectivity index is 2.53. The molecule has 0 spiro atoms. The maximum atomic E-state index is 9.87. The third kappa shape index (κ3) is 5.21. The highest BCUT2D eigenvalue weighted by molar-refractivity contribution is 5.34. The summed E-state index contributed by atoms with van der Waals surface area (Å²) in [5, 5.41) is 19.6. The summed E-state index contributed by atoms with van der Waals surface area (Å²) in [6, 6.07) is 6.02. The van der Waals surface area contributed by atoms with Crippen LogP contribution in [0, 0.1) is 6.92 Å². The van der Waals surface area contributed by atoms with Gasteiger partial charge in [0.25, 0.3) is 0 Å². The van der Waals surface area contributed by atoms with Crippen molar-refractivity contribution in [2.24, 2.45) is 0 Å². The number of aryl methyl sites for hydroxylation is 2. The molecule has 1 aromatic rings. The van der Waals surface area contributed by atoms with Crippen molar-refractivity contribution in [2.45, 2.75) is 58.7 Å². The van der Waals surface area contributed by atoms with E-state index in [1.54, 1.807) is 0 Å². The molecule has 1 aromatic carbocycles. The lowest BCUT2D eigenvalue weighted by Crippen LogP contribution is -2.26. The predicted molar refractivity (Wildman–Crippen MR) is 77.6 cm³/mol. The first-order valence-electron chi connectivity index (χ1n) is 7.16. The van der Waals surface area contributed by atoms with Gasteiger partial charge in [-0.05, 0) is 56.4 Å². The molecule has 0 amide bonds. The van der Waals surface area contributed by atoms with Gasteiger partial charge in [0.1, 0.15) is 5.75 Å². The summed E-state index contributed by atoms with van der Waals surface area (Å²) in [4.78, 5) is 0. The Hall–Kier alpha value is -1.06.